The van der Waals surface area contributed by atoms with Crippen LogP contribution < -0.4 is 5.73 Å². The monoisotopic (exact) mass is 274 g/mol. The molecule has 0 aliphatic heterocycles. The van der Waals surface area contributed by atoms with E-state index in [1.54, 1.807) is 0 Å². The van der Waals surface area contributed by atoms with Gasteiger partial charge in [0.2, 0.25) is 0 Å². The molecule has 0 saturated heterocycles. The first-order chi connectivity index (χ1) is 9.15. The molecule has 19 heavy (non-hydrogen) atoms. The van der Waals surface area contributed by atoms with Crippen LogP contribution in [0.2, 0.25) is 0 Å². The van der Waals surface area contributed by atoms with Crippen molar-refractivity contribution in [2.24, 2.45) is 22.7 Å². The highest BCUT2D eigenvalue weighted by atomic mass is 32.1. The number of hydrazone groups is 1. The third-order valence-electron chi connectivity index (χ3n) is 4.03. The Kier molecular flexibility index (Phi) is 3.14. The molecule has 1 saturated carbocycles. The fourth-order valence-corrected chi connectivity index (χ4v) is 3.27. The molecule has 0 aromatic carbocycles. The van der Waals surface area contributed by atoms with Crippen molar-refractivity contribution in [3.63, 3.8) is 0 Å². The highest BCUT2D eigenvalue weighted by Gasteiger charge is 2.40. The quantitative estimate of drug-likeness (QED) is 0.385. The second-order valence-electron chi connectivity index (χ2n) is 5.30. The number of hydrogen-bond acceptors (Lipinski definition) is 2. The van der Waals surface area contributed by atoms with Crippen LogP contribution in [0, 0.1) is 11.8 Å². The van der Waals surface area contributed by atoms with Crippen LogP contribution in [-0.2, 0) is 0 Å². The molecule has 2 bridgehead atoms. The normalized spacial score (nSPS) is 28.9. The van der Waals surface area contributed by atoms with Crippen molar-refractivity contribution in [2.45, 2.75) is 25.8 Å². The average Bonchev–Trinajstić information content (AvgIpc) is 3.10. The molecule has 5 heteroatoms. The van der Waals surface area contributed by atoms with Crippen molar-refractivity contribution in [3.05, 3.63) is 36.2 Å². The number of thiocarbonyl (C=S) groups is 1. The van der Waals surface area contributed by atoms with Gasteiger partial charge in [0.05, 0.1) is 17.4 Å². The molecule has 4 nitrogen and oxygen atoms in total. The van der Waals surface area contributed by atoms with Crippen LogP contribution in [0.5, 0.6) is 0 Å². The summed E-state index contributed by atoms with van der Waals surface area (Å²) in [5.41, 5.74) is 7.77. The molecule has 3 rings (SSSR count). The maximum atomic E-state index is 5.87. The molecule has 0 radical (unpaired) electrons. The van der Waals surface area contributed by atoms with E-state index in [0.29, 0.717) is 23.0 Å². The van der Waals surface area contributed by atoms with E-state index in [9.17, 15) is 0 Å². The molecule has 1 fully saturated rings. The molecule has 2 aliphatic rings. The fraction of sp³-hybridized carbons (Fsp3) is 0.429. The molecule has 0 amide bonds. The van der Waals surface area contributed by atoms with Gasteiger partial charge in [-0.1, -0.05) is 12.2 Å². The van der Waals surface area contributed by atoms with Crippen LogP contribution in [0.1, 0.15) is 25.5 Å². The van der Waals surface area contributed by atoms with Crippen LogP contribution in [0.4, 0.5) is 0 Å². The van der Waals surface area contributed by atoms with Crippen molar-refractivity contribution < 1.29 is 0 Å². The maximum absolute atomic E-state index is 5.87. The average molecular weight is 274 g/mol. The van der Waals surface area contributed by atoms with E-state index in [2.05, 4.69) is 22.2 Å². The first-order valence-corrected chi connectivity index (χ1v) is 7.02. The van der Waals surface area contributed by atoms with Gasteiger partial charge in [-0.05, 0) is 56.0 Å². The Morgan fingerprint density at radius 3 is 2.84 bits per heavy atom. The lowest BCUT2D eigenvalue weighted by molar-refractivity contribution is 0.287. The molecular formula is C14H18N4S. The number of nitrogens with zero attached hydrogens (tertiary/aromatic N) is 2. The van der Waals surface area contributed by atoms with E-state index in [0.717, 1.165) is 17.8 Å². The Balaban J connectivity index is 1.84. The lowest BCUT2D eigenvalue weighted by Crippen LogP contribution is -2.42. The summed E-state index contributed by atoms with van der Waals surface area (Å²) in [5, 5.41) is 6.83. The summed E-state index contributed by atoms with van der Waals surface area (Å²) < 4.78 is 0. The number of aromatic amines is 1. The van der Waals surface area contributed by atoms with Gasteiger partial charge in [-0.3, -0.25) is 0 Å². The molecule has 1 heterocycles. The Morgan fingerprint density at radius 2 is 2.32 bits per heavy atom. The molecule has 1 aromatic rings. The van der Waals surface area contributed by atoms with Crippen LogP contribution in [0.15, 0.2) is 35.6 Å². The number of rotatable bonds is 3. The van der Waals surface area contributed by atoms with Crippen LogP contribution in [-0.4, -0.2) is 26.9 Å². The molecule has 2 aliphatic carbocycles. The Hall–Kier alpha value is -1.62. The number of nitrogens with one attached hydrogen (secondary N) is 1. The number of allylic oxidation sites excluding steroid dienone is 1. The van der Waals surface area contributed by atoms with Crippen molar-refractivity contribution in [1.29, 1.82) is 0 Å². The minimum Gasteiger partial charge on any atom is -0.375 e. The van der Waals surface area contributed by atoms with Gasteiger partial charge in [0.15, 0.2) is 5.11 Å². The van der Waals surface area contributed by atoms with Gasteiger partial charge in [0.1, 0.15) is 0 Å². The third-order valence-corrected chi connectivity index (χ3v) is 4.22. The number of aromatic nitrogens is 1. The van der Waals surface area contributed by atoms with Gasteiger partial charge in [-0.25, -0.2) is 5.01 Å². The standard InChI is InChI=1S/C14H18N4S/c1-9(12-3-2-6-16-12)17-18(14(15)19)13-8-10-4-5-11(13)7-10/h2-6,10-11,13,16H,7-8H2,1H3,(H2,15,19). The van der Waals surface area contributed by atoms with E-state index in [-0.39, 0.29) is 0 Å². The minimum atomic E-state index is 0.317. The van der Waals surface area contributed by atoms with Gasteiger partial charge >= 0.3 is 0 Å². The van der Waals surface area contributed by atoms with Gasteiger partial charge < -0.3 is 10.7 Å². The second kappa shape index (κ2) is 4.81. The zero-order chi connectivity index (χ0) is 13.4. The van der Waals surface area contributed by atoms with E-state index < -0.39 is 0 Å². The zero-order valence-corrected chi connectivity index (χ0v) is 11.7. The molecule has 0 spiro atoms. The van der Waals surface area contributed by atoms with Crippen LogP contribution >= 0.6 is 12.2 Å². The summed E-state index contributed by atoms with van der Waals surface area (Å²) >= 11 is 5.18. The fourth-order valence-electron chi connectivity index (χ4n) is 3.09. The molecule has 3 unspecified atom stereocenters. The third kappa shape index (κ3) is 2.30. The topological polar surface area (TPSA) is 57.4 Å². The number of hydrogen-bond donors (Lipinski definition) is 2. The largest absolute Gasteiger partial charge is 0.375 e. The van der Waals surface area contributed by atoms with Gasteiger partial charge in [-0.15, -0.1) is 0 Å². The first-order valence-electron chi connectivity index (χ1n) is 6.61. The maximum Gasteiger partial charge on any atom is 0.187 e. The van der Waals surface area contributed by atoms with Gasteiger partial charge in [0.25, 0.3) is 0 Å². The van der Waals surface area contributed by atoms with Crippen molar-refractivity contribution in [1.82, 2.24) is 9.99 Å². The van der Waals surface area contributed by atoms with Gasteiger partial charge in [-0.2, -0.15) is 5.10 Å². The summed E-state index contributed by atoms with van der Waals surface area (Å²) in [6.07, 6.45) is 8.78. The predicted molar refractivity (Wildman–Crippen MR) is 80.8 cm³/mol. The minimum absolute atomic E-state index is 0.317. The van der Waals surface area contributed by atoms with Crippen molar-refractivity contribution >= 4 is 23.0 Å². The van der Waals surface area contributed by atoms with Gasteiger partial charge in [0, 0.05) is 6.20 Å². The Bertz CT molecular complexity index is 532. The lowest BCUT2D eigenvalue weighted by atomic mass is 10.0. The lowest BCUT2D eigenvalue weighted by Gasteiger charge is -2.29. The predicted octanol–water partition coefficient (Wildman–Crippen LogP) is 2.25. The van der Waals surface area contributed by atoms with E-state index in [4.69, 9.17) is 18.0 Å². The van der Waals surface area contributed by atoms with E-state index in [1.807, 2.05) is 30.3 Å². The molecule has 1 aromatic heterocycles. The number of nitrogens with two attached hydrogens (primary N) is 1. The molecule has 100 valence electrons. The summed E-state index contributed by atoms with van der Waals surface area (Å²) in [6, 6.07) is 4.27. The van der Waals surface area contributed by atoms with Crippen molar-refractivity contribution in [2.75, 3.05) is 0 Å². The second-order valence-corrected chi connectivity index (χ2v) is 5.72. The van der Waals surface area contributed by atoms with E-state index in [1.165, 1.54) is 6.42 Å². The Morgan fingerprint density at radius 1 is 1.47 bits per heavy atom. The van der Waals surface area contributed by atoms with E-state index >= 15 is 0 Å². The first kappa shape index (κ1) is 12.4. The number of H-pyrrole nitrogens is 1. The molecule has 3 N–H and O–H groups in total. The van der Waals surface area contributed by atoms with Crippen LogP contribution in [0.3, 0.4) is 0 Å². The summed E-state index contributed by atoms with van der Waals surface area (Å²) in [6.45, 7) is 1.97. The number of fused-ring (bicyclic) bond motifs is 2. The zero-order valence-electron chi connectivity index (χ0n) is 10.9. The summed E-state index contributed by atoms with van der Waals surface area (Å²) in [4.78, 5) is 3.15. The highest BCUT2D eigenvalue weighted by Crippen LogP contribution is 2.41. The van der Waals surface area contributed by atoms with Crippen molar-refractivity contribution in [3.8, 4) is 0 Å². The smallest absolute Gasteiger partial charge is 0.187 e. The summed E-state index contributed by atoms with van der Waals surface area (Å²) in [5.74, 6) is 1.21. The Labute approximate surface area is 118 Å². The SMILES string of the molecule is CC(=NN(C(N)=S)C1CC2C=CC1C2)c1ccc[nH]1. The van der Waals surface area contributed by atoms with Crippen LogP contribution in [0.25, 0.3) is 0 Å². The summed E-state index contributed by atoms with van der Waals surface area (Å²) in [7, 11) is 0. The highest BCUT2D eigenvalue weighted by molar-refractivity contribution is 7.80. The molecule has 3 atom stereocenters. The molecular weight excluding hydrogens is 256 g/mol.